The summed E-state index contributed by atoms with van der Waals surface area (Å²) in [5, 5.41) is 50.8. The lowest BCUT2D eigenvalue weighted by Crippen LogP contribution is -2.83. The first-order valence-electron chi connectivity index (χ1n) is 14.6. The molecule has 5 rings (SSSR count). The van der Waals surface area contributed by atoms with Gasteiger partial charge in [0.05, 0.1) is 12.2 Å². The maximum atomic E-state index is 13.1. The van der Waals surface area contributed by atoms with Gasteiger partial charge in [-0.1, -0.05) is 127 Å². The first kappa shape index (κ1) is 29.9. The standard InChI is InChI=1S/C37H40O5/c1-2-15-33-35(39,25-29-18-9-4-10-19-29)37(41,27-31-22-13-6-14-23-31)36(40,26-30-20-11-5-12-21-30)34(42-33)32(38)24-28-16-7-3-8-17-28/h2-14,16-23,32-34,38-41H,1,15,24-27H2/t32?,33-,34+,35+,36+,37+/m0/s1. The van der Waals surface area contributed by atoms with E-state index in [9.17, 15) is 20.4 Å². The molecule has 5 nitrogen and oxygen atoms in total. The van der Waals surface area contributed by atoms with Crippen molar-refractivity contribution in [3.63, 3.8) is 0 Å². The molecule has 4 N–H and O–H groups in total. The minimum absolute atomic E-state index is 0.0221. The van der Waals surface area contributed by atoms with Gasteiger partial charge in [-0.2, -0.15) is 0 Å². The molecule has 5 heteroatoms. The number of hydrogen-bond acceptors (Lipinski definition) is 5. The van der Waals surface area contributed by atoms with E-state index in [1.807, 2.05) is 121 Å². The zero-order valence-electron chi connectivity index (χ0n) is 23.8. The van der Waals surface area contributed by atoms with Crippen molar-refractivity contribution in [1.82, 2.24) is 0 Å². The molecule has 4 aromatic rings. The van der Waals surface area contributed by atoms with Crippen LogP contribution in [-0.2, 0) is 30.4 Å². The van der Waals surface area contributed by atoms with Gasteiger partial charge in [-0.05, 0) is 28.7 Å². The molecule has 4 aromatic carbocycles. The van der Waals surface area contributed by atoms with Gasteiger partial charge in [0.15, 0.2) is 0 Å². The highest BCUT2D eigenvalue weighted by Crippen LogP contribution is 2.51. The van der Waals surface area contributed by atoms with Gasteiger partial charge in [0.25, 0.3) is 0 Å². The largest absolute Gasteiger partial charge is 0.390 e. The van der Waals surface area contributed by atoms with E-state index in [0.717, 1.165) is 22.3 Å². The van der Waals surface area contributed by atoms with E-state index in [0.29, 0.717) is 0 Å². The van der Waals surface area contributed by atoms with Crippen molar-refractivity contribution in [3.8, 4) is 0 Å². The lowest BCUT2D eigenvalue weighted by Gasteiger charge is -2.62. The van der Waals surface area contributed by atoms with E-state index in [2.05, 4.69) is 6.58 Å². The molecule has 1 heterocycles. The Kier molecular flexibility index (Phi) is 9.07. The zero-order chi connectivity index (χ0) is 29.6. The van der Waals surface area contributed by atoms with E-state index >= 15 is 0 Å². The van der Waals surface area contributed by atoms with Crippen LogP contribution in [0.15, 0.2) is 134 Å². The molecule has 0 amide bonds. The summed E-state index contributed by atoms with van der Waals surface area (Å²) in [5.41, 5.74) is -3.06. The first-order valence-corrected chi connectivity index (χ1v) is 14.6. The molecular weight excluding hydrogens is 524 g/mol. The molecule has 1 unspecified atom stereocenters. The van der Waals surface area contributed by atoms with E-state index < -0.39 is 35.1 Å². The topological polar surface area (TPSA) is 90.2 Å². The maximum Gasteiger partial charge on any atom is 0.132 e. The predicted octanol–water partition coefficient (Wildman–Crippen LogP) is 4.85. The van der Waals surface area contributed by atoms with Crippen molar-refractivity contribution >= 4 is 0 Å². The summed E-state index contributed by atoms with van der Waals surface area (Å²) in [5.74, 6) is 0. The maximum absolute atomic E-state index is 13.1. The average Bonchev–Trinajstić information content (AvgIpc) is 3.00. The summed E-state index contributed by atoms with van der Waals surface area (Å²) >= 11 is 0. The third-order valence-electron chi connectivity index (χ3n) is 8.70. The molecule has 218 valence electrons. The van der Waals surface area contributed by atoms with Crippen LogP contribution >= 0.6 is 0 Å². The number of aliphatic hydroxyl groups is 4. The second-order valence-electron chi connectivity index (χ2n) is 11.5. The molecule has 1 fully saturated rings. The van der Waals surface area contributed by atoms with Gasteiger partial charge >= 0.3 is 0 Å². The van der Waals surface area contributed by atoms with Crippen LogP contribution in [0.4, 0.5) is 0 Å². The van der Waals surface area contributed by atoms with Gasteiger partial charge in [-0.25, -0.2) is 0 Å². The van der Waals surface area contributed by atoms with Crippen molar-refractivity contribution in [2.24, 2.45) is 0 Å². The Hall–Kier alpha value is -3.58. The quantitative estimate of drug-likeness (QED) is 0.196. The normalized spacial score (nSPS) is 28.2. The average molecular weight is 565 g/mol. The van der Waals surface area contributed by atoms with Gasteiger partial charge < -0.3 is 25.2 Å². The van der Waals surface area contributed by atoms with Crippen molar-refractivity contribution in [2.75, 3.05) is 0 Å². The number of ether oxygens (including phenoxy) is 1. The molecule has 0 radical (unpaired) electrons. The van der Waals surface area contributed by atoms with Crippen LogP contribution in [0.25, 0.3) is 0 Å². The van der Waals surface area contributed by atoms with Crippen LogP contribution in [-0.4, -0.2) is 55.5 Å². The van der Waals surface area contributed by atoms with E-state index in [1.165, 1.54) is 0 Å². The molecule has 1 saturated heterocycles. The fourth-order valence-corrected chi connectivity index (χ4v) is 6.57. The first-order chi connectivity index (χ1) is 20.3. The predicted molar refractivity (Wildman–Crippen MR) is 165 cm³/mol. The second kappa shape index (κ2) is 12.7. The van der Waals surface area contributed by atoms with Gasteiger partial charge in [0.1, 0.15) is 22.9 Å². The Morgan fingerprint density at radius 3 is 1.48 bits per heavy atom. The minimum Gasteiger partial charge on any atom is -0.390 e. The number of rotatable bonds is 11. The summed E-state index contributed by atoms with van der Waals surface area (Å²) in [6.07, 6.45) is -1.42. The van der Waals surface area contributed by atoms with Crippen LogP contribution in [0.3, 0.4) is 0 Å². The lowest BCUT2D eigenvalue weighted by molar-refractivity contribution is -0.365. The fourth-order valence-electron chi connectivity index (χ4n) is 6.57. The molecule has 0 saturated carbocycles. The number of benzene rings is 4. The molecule has 0 aromatic heterocycles. The molecule has 0 aliphatic carbocycles. The third kappa shape index (κ3) is 5.84. The molecule has 42 heavy (non-hydrogen) atoms. The Bertz CT molecular complexity index is 1410. The highest BCUT2D eigenvalue weighted by Gasteiger charge is 2.71. The van der Waals surface area contributed by atoms with E-state index in [4.69, 9.17) is 4.74 Å². The molecule has 6 atom stereocenters. The Morgan fingerprint density at radius 2 is 1.02 bits per heavy atom. The summed E-state index contributed by atoms with van der Waals surface area (Å²) < 4.78 is 6.59. The highest BCUT2D eigenvalue weighted by atomic mass is 16.6. The molecule has 1 aliphatic rings. The Morgan fingerprint density at radius 1 is 0.619 bits per heavy atom. The van der Waals surface area contributed by atoms with E-state index in [-0.39, 0.29) is 32.1 Å². The summed E-state index contributed by atoms with van der Waals surface area (Å²) in [4.78, 5) is 0. The van der Waals surface area contributed by atoms with Crippen LogP contribution in [0.5, 0.6) is 0 Å². The zero-order valence-corrected chi connectivity index (χ0v) is 23.8. The van der Waals surface area contributed by atoms with Crippen molar-refractivity contribution in [1.29, 1.82) is 0 Å². The van der Waals surface area contributed by atoms with Crippen LogP contribution < -0.4 is 0 Å². The van der Waals surface area contributed by atoms with Crippen LogP contribution in [0, 0.1) is 0 Å². The van der Waals surface area contributed by atoms with E-state index in [1.54, 1.807) is 6.08 Å². The SMILES string of the molecule is C=CC[C@@H]1O[C@H](C(O)Cc2ccccc2)[C@](O)(Cc2ccccc2)[C@@](O)(Cc2ccccc2)[C@@]1(O)Cc1ccccc1. The molecule has 0 bridgehead atoms. The smallest absolute Gasteiger partial charge is 0.132 e. The number of hydrogen-bond donors (Lipinski definition) is 4. The van der Waals surface area contributed by atoms with Gasteiger partial charge in [-0.15, -0.1) is 6.58 Å². The Labute approximate surface area is 248 Å². The van der Waals surface area contributed by atoms with Gasteiger partial charge in [0, 0.05) is 25.7 Å². The van der Waals surface area contributed by atoms with Gasteiger partial charge in [-0.3, -0.25) is 0 Å². The highest BCUT2D eigenvalue weighted by molar-refractivity contribution is 5.34. The van der Waals surface area contributed by atoms with Crippen molar-refractivity contribution in [2.45, 2.75) is 67.2 Å². The van der Waals surface area contributed by atoms with Crippen molar-refractivity contribution < 1.29 is 25.2 Å². The van der Waals surface area contributed by atoms with Crippen LogP contribution in [0.2, 0.25) is 0 Å². The summed E-state index contributed by atoms with van der Waals surface area (Å²) in [7, 11) is 0. The second-order valence-corrected chi connectivity index (χ2v) is 11.5. The fraction of sp³-hybridized carbons (Fsp3) is 0.297. The third-order valence-corrected chi connectivity index (χ3v) is 8.70. The summed E-state index contributed by atoms with van der Waals surface area (Å²) in [6.45, 7) is 3.90. The molecular formula is C37H40O5. The van der Waals surface area contributed by atoms with Crippen LogP contribution in [0.1, 0.15) is 28.7 Å². The van der Waals surface area contributed by atoms with Crippen molar-refractivity contribution in [3.05, 3.63) is 156 Å². The Balaban J connectivity index is 1.70. The monoisotopic (exact) mass is 564 g/mol. The van der Waals surface area contributed by atoms with Gasteiger partial charge in [0.2, 0.25) is 0 Å². The molecule has 0 spiro atoms. The summed E-state index contributed by atoms with van der Waals surface area (Å²) in [6, 6.07) is 37.7. The minimum atomic E-state index is -2.15. The molecule has 1 aliphatic heterocycles. The number of aliphatic hydroxyl groups excluding tert-OH is 1. The lowest BCUT2D eigenvalue weighted by atomic mass is 9.57.